The molecule has 0 bridgehead atoms. The number of hydrogen-bond donors (Lipinski definition) is 0. The third-order valence-electron chi connectivity index (χ3n) is 0. The molecule has 0 aromatic carbocycles. The van der Waals surface area contributed by atoms with Crippen molar-refractivity contribution in [2.45, 2.75) is 14.9 Å². The molecule has 0 spiro atoms. The first-order valence-electron chi connectivity index (χ1n) is 3.13. The minimum absolute atomic E-state index is 0. The molecular weight excluding hydrogens is 136 g/mol. The van der Waals surface area contributed by atoms with Gasteiger partial charge in [-0.1, -0.05) is 14.9 Å². The number of nitrogens with zero attached hydrogens (tertiary/aromatic N) is 2. The van der Waals surface area contributed by atoms with E-state index in [1.807, 2.05) is 26.0 Å². The lowest BCUT2D eigenvalue weighted by molar-refractivity contribution is -0.849. The predicted octanol–water partition coefficient (Wildman–Crippen LogP) is 1.77. The third kappa shape index (κ3) is 97200. The van der Waals surface area contributed by atoms with E-state index < -0.39 is 0 Å². The lowest BCUT2D eigenvalue weighted by Crippen LogP contribution is -2.27. The van der Waals surface area contributed by atoms with Crippen LogP contribution in [0, 0.1) is 0 Å². The van der Waals surface area contributed by atoms with Gasteiger partial charge < -0.3 is 9.38 Å². The van der Waals surface area contributed by atoms with Crippen molar-refractivity contribution in [1.29, 1.82) is 0 Å². The van der Waals surface area contributed by atoms with Gasteiger partial charge in [-0.3, -0.25) is 0 Å². The Balaban J connectivity index is -0.0000000383. The van der Waals surface area contributed by atoms with Gasteiger partial charge >= 0.3 is 0 Å². The summed E-state index contributed by atoms with van der Waals surface area (Å²) >= 11 is 0. The third-order valence-corrected chi connectivity index (χ3v) is 0. The van der Waals surface area contributed by atoms with Crippen LogP contribution in [0.1, 0.15) is 14.9 Å². The lowest BCUT2D eigenvalue weighted by atomic mass is 10.8. The van der Waals surface area contributed by atoms with Crippen molar-refractivity contribution in [3.63, 3.8) is 0 Å². The molecule has 0 N–H and O–H groups in total. The predicted molar refractivity (Wildman–Crippen MR) is 57.0 cm³/mol. The second kappa shape index (κ2) is 9.92. The van der Waals surface area contributed by atoms with Crippen LogP contribution in [0.3, 0.4) is 0 Å². The first-order chi connectivity index (χ1) is 3.73. The maximum atomic E-state index is 2.12. The van der Waals surface area contributed by atoms with E-state index in [-0.39, 0.29) is 14.9 Å². The molecule has 11 heavy (non-hydrogen) atoms. The molecule has 0 unspecified atom stereocenters. The van der Waals surface area contributed by atoms with E-state index in [0.717, 1.165) is 4.48 Å². The molecule has 0 aromatic heterocycles. The Kier molecular flexibility index (Phi) is 20.2. The summed E-state index contributed by atoms with van der Waals surface area (Å²) in [7, 11) is 14.5. The number of rotatable bonds is 0. The Morgan fingerprint density at radius 1 is 0.727 bits per heavy atom. The van der Waals surface area contributed by atoms with Crippen LogP contribution in [0.15, 0.2) is 0 Å². The van der Waals surface area contributed by atoms with Gasteiger partial charge in [-0.05, 0) is 21.1 Å². The normalized spacial score (nSPS) is 8.73. The molecule has 74 valence electrons. The van der Waals surface area contributed by atoms with Crippen LogP contribution in [-0.4, -0.2) is 58.7 Å². The zero-order chi connectivity index (χ0) is 8.08. The van der Waals surface area contributed by atoms with Crippen LogP contribution in [0.25, 0.3) is 0 Å². The van der Waals surface area contributed by atoms with Crippen molar-refractivity contribution in [1.82, 2.24) is 4.90 Å². The smallest absolute Gasteiger partial charge is 0.0675 e. The van der Waals surface area contributed by atoms with Gasteiger partial charge in [0.25, 0.3) is 0 Å². The molecule has 2 nitrogen and oxygen atoms in total. The zero-order valence-corrected chi connectivity index (χ0v) is 7.89. The van der Waals surface area contributed by atoms with Crippen molar-refractivity contribution in [3.8, 4) is 0 Å². The summed E-state index contributed by atoms with van der Waals surface area (Å²) in [4.78, 5) is 2.00. The number of quaternary nitrogens is 1. The fourth-order valence-corrected chi connectivity index (χ4v) is 0. The van der Waals surface area contributed by atoms with Crippen molar-refractivity contribution in [2.75, 3.05) is 49.3 Å². The van der Waals surface area contributed by atoms with Crippen LogP contribution in [0.2, 0.25) is 0 Å². The van der Waals surface area contributed by atoms with E-state index >= 15 is 0 Å². The van der Waals surface area contributed by atoms with Crippen molar-refractivity contribution < 1.29 is 4.48 Å². The Hall–Kier alpha value is -0.0800. The second-order valence-electron chi connectivity index (χ2n) is 4.02. The Morgan fingerprint density at radius 2 is 0.727 bits per heavy atom. The zero-order valence-electron chi connectivity index (χ0n) is 7.89. The molecule has 0 heterocycles. The van der Waals surface area contributed by atoms with E-state index in [4.69, 9.17) is 0 Å². The summed E-state index contributed by atoms with van der Waals surface area (Å²) in [5, 5.41) is 0. The summed E-state index contributed by atoms with van der Waals surface area (Å²) in [5.41, 5.74) is 0. The van der Waals surface area contributed by atoms with Crippen LogP contribution in [0.5, 0.6) is 0 Å². The minimum Gasteiger partial charge on any atom is -0.333 e. The fraction of sp³-hybridized carbons (Fsp3) is 1.00. The molecule has 0 saturated heterocycles. The first kappa shape index (κ1) is 22.4. The number of hydrogen-bond acceptors (Lipinski definition) is 1. The SMILES string of the molecule is C.C.CN(C)C.C[N+](C)(C)C. The summed E-state index contributed by atoms with van der Waals surface area (Å²) in [6.07, 6.45) is 0. The average Bonchev–Trinajstić information content (AvgIpc) is 1.19. The largest absolute Gasteiger partial charge is 0.333 e. The molecule has 0 amide bonds. The maximum Gasteiger partial charge on any atom is 0.0675 e. The molecule has 0 rings (SSSR count). The van der Waals surface area contributed by atoms with Crippen LogP contribution < -0.4 is 0 Å². The van der Waals surface area contributed by atoms with Crippen molar-refractivity contribution >= 4 is 0 Å². The quantitative estimate of drug-likeness (QED) is 0.495. The van der Waals surface area contributed by atoms with Crippen LogP contribution in [0.4, 0.5) is 0 Å². The van der Waals surface area contributed by atoms with Crippen molar-refractivity contribution in [3.05, 3.63) is 0 Å². The van der Waals surface area contributed by atoms with E-state index in [9.17, 15) is 0 Å². The molecule has 0 saturated carbocycles. The van der Waals surface area contributed by atoms with Gasteiger partial charge in [0, 0.05) is 0 Å². The van der Waals surface area contributed by atoms with Gasteiger partial charge in [-0.2, -0.15) is 0 Å². The monoisotopic (exact) mass is 165 g/mol. The standard InChI is InChI=1S/C4H12N.C3H9N.2CH4/c1-5(2,3)4;1-4(2)3;;/h1-4H3;1-3H3;2*1H4/q+1;;;. The lowest BCUT2D eigenvalue weighted by Gasteiger charge is -2.14. The molecule has 0 radical (unpaired) electrons. The van der Waals surface area contributed by atoms with Gasteiger partial charge in [0.2, 0.25) is 0 Å². The van der Waals surface area contributed by atoms with Gasteiger partial charge in [0.05, 0.1) is 28.2 Å². The van der Waals surface area contributed by atoms with Gasteiger partial charge in [-0.15, -0.1) is 0 Å². The molecule has 0 fully saturated rings. The molecule has 0 atom stereocenters. The highest BCUT2D eigenvalue weighted by atomic mass is 15.2. The van der Waals surface area contributed by atoms with E-state index in [1.165, 1.54) is 0 Å². The Bertz CT molecular complexity index is 44.3. The highest BCUT2D eigenvalue weighted by molar-refractivity contribution is 4.09. The molecule has 0 aliphatic heterocycles. The second-order valence-corrected chi connectivity index (χ2v) is 4.02. The maximum absolute atomic E-state index is 2.12. The molecule has 0 aromatic rings. The Labute approximate surface area is 74.4 Å². The van der Waals surface area contributed by atoms with Gasteiger partial charge in [0.1, 0.15) is 0 Å². The molecule has 0 aliphatic carbocycles. The summed E-state index contributed by atoms with van der Waals surface area (Å²) in [6.45, 7) is 0. The molecule has 2 heteroatoms. The van der Waals surface area contributed by atoms with Crippen LogP contribution in [-0.2, 0) is 0 Å². The Morgan fingerprint density at radius 3 is 0.727 bits per heavy atom. The fourth-order valence-electron chi connectivity index (χ4n) is 0. The average molecular weight is 165 g/mol. The highest BCUT2D eigenvalue weighted by Crippen LogP contribution is 1.73. The minimum atomic E-state index is 0. The van der Waals surface area contributed by atoms with E-state index in [2.05, 4.69) is 28.2 Å². The van der Waals surface area contributed by atoms with E-state index in [0.29, 0.717) is 0 Å². The first-order valence-corrected chi connectivity index (χ1v) is 3.13. The summed E-state index contributed by atoms with van der Waals surface area (Å²) in [6, 6.07) is 0. The van der Waals surface area contributed by atoms with Gasteiger partial charge in [-0.25, -0.2) is 0 Å². The van der Waals surface area contributed by atoms with Crippen molar-refractivity contribution in [2.24, 2.45) is 0 Å². The summed E-state index contributed by atoms with van der Waals surface area (Å²) in [5.74, 6) is 0. The molecular formula is C9H29N2+. The highest BCUT2D eigenvalue weighted by Gasteiger charge is 1.88. The molecule has 0 aliphatic rings. The topological polar surface area (TPSA) is 3.24 Å². The van der Waals surface area contributed by atoms with Gasteiger partial charge in [0.15, 0.2) is 0 Å². The van der Waals surface area contributed by atoms with E-state index in [1.54, 1.807) is 0 Å². The summed E-state index contributed by atoms with van der Waals surface area (Å²) < 4.78 is 1.00. The van der Waals surface area contributed by atoms with Crippen LogP contribution >= 0.6 is 0 Å².